The van der Waals surface area contributed by atoms with E-state index < -0.39 is 0 Å². The number of rotatable bonds is 3. The van der Waals surface area contributed by atoms with Crippen molar-refractivity contribution in [3.8, 4) is 5.69 Å². The summed E-state index contributed by atoms with van der Waals surface area (Å²) in [6, 6.07) is 7.70. The third-order valence-electron chi connectivity index (χ3n) is 4.46. The SMILES string of the molecule is O=C(Nc1nc2c(s1)CCCCCC2)c1ccn(-c2cccc(F)c2)n1. The number of nitrogens with zero attached hydrogens (tertiary/aromatic N) is 3. The summed E-state index contributed by atoms with van der Waals surface area (Å²) in [6.45, 7) is 0. The number of thiazole rings is 1. The summed E-state index contributed by atoms with van der Waals surface area (Å²) in [7, 11) is 0. The molecule has 4 rings (SSSR count). The minimum atomic E-state index is -0.343. The lowest BCUT2D eigenvalue weighted by atomic mass is 10.0. The minimum absolute atomic E-state index is 0.275. The standard InChI is InChI=1S/C19H19FN4OS/c20-13-6-5-7-14(12-13)24-11-10-16(23-24)18(25)22-19-21-15-8-3-1-2-4-9-17(15)26-19/h5-7,10-12H,1-4,8-9H2,(H,21,22,25). The van der Waals surface area contributed by atoms with E-state index in [4.69, 9.17) is 0 Å². The Bertz CT molecular complexity index is 908. The maximum absolute atomic E-state index is 13.3. The van der Waals surface area contributed by atoms with Crippen LogP contribution in [0.5, 0.6) is 0 Å². The Morgan fingerprint density at radius 1 is 1.15 bits per heavy atom. The lowest BCUT2D eigenvalue weighted by Crippen LogP contribution is -2.13. The topological polar surface area (TPSA) is 59.8 Å². The number of aromatic nitrogens is 3. The molecule has 0 aliphatic heterocycles. The zero-order valence-corrected chi connectivity index (χ0v) is 15.1. The van der Waals surface area contributed by atoms with Gasteiger partial charge in [-0.25, -0.2) is 14.1 Å². The van der Waals surface area contributed by atoms with Gasteiger partial charge in [0.25, 0.3) is 5.91 Å². The average Bonchev–Trinajstić information content (AvgIpc) is 3.23. The highest BCUT2D eigenvalue weighted by Crippen LogP contribution is 2.28. The summed E-state index contributed by atoms with van der Waals surface area (Å²) >= 11 is 1.56. The molecule has 1 aliphatic carbocycles. The van der Waals surface area contributed by atoms with E-state index in [1.165, 1.54) is 41.0 Å². The van der Waals surface area contributed by atoms with Gasteiger partial charge >= 0.3 is 0 Å². The fraction of sp³-hybridized carbons (Fsp3) is 0.316. The first-order chi connectivity index (χ1) is 12.7. The molecule has 2 heterocycles. The number of benzene rings is 1. The zero-order chi connectivity index (χ0) is 17.9. The summed E-state index contributed by atoms with van der Waals surface area (Å²) in [5.74, 6) is -0.647. The molecule has 26 heavy (non-hydrogen) atoms. The van der Waals surface area contributed by atoms with Gasteiger partial charge in [-0.05, 0) is 49.9 Å². The van der Waals surface area contributed by atoms with E-state index in [1.54, 1.807) is 35.7 Å². The molecule has 0 spiro atoms. The molecule has 2 aromatic heterocycles. The highest BCUT2D eigenvalue weighted by molar-refractivity contribution is 7.15. The van der Waals surface area contributed by atoms with E-state index in [0.717, 1.165) is 25.0 Å². The van der Waals surface area contributed by atoms with Crippen molar-refractivity contribution >= 4 is 22.4 Å². The number of carbonyl (C=O) groups is 1. The van der Waals surface area contributed by atoms with Gasteiger partial charge in [0, 0.05) is 11.1 Å². The summed E-state index contributed by atoms with van der Waals surface area (Å²) in [4.78, 5) is 18.4. The van der Waals surface area contributed by atoms with Crippen LogP contribution in [-0.2, 0) is 12.8 Å². The molecule has 0 radical (unpaired) electrons. The molecule has 0 saturated carbocycles. The molecule has 5 nitrogen and oxygen atoms in total. The van der Waals surface area contributed by atoms with Crippen LogP contribution in [0.3, 0.4) is 0 Å². The molecule has 1 N–H and O–H groups in total. The van der Waals surface area contributed by atoms with E-state index in [0.29, 0.717) is 10.8 Å². The molecule has 0 atom stereocenters. The first-order valence-electron chi connectivity index (χ1n) is 8.80. The lowest BCUT2D eigenvalue weighted by molar-refractivity contribution is 0.102. The smallest absolute Gasteiger partial charge is 0.277 e. The van der Waals surface area contributed by atoms with Gasteiger partial charge in [0.15, 0.2) is 10.8 Å². The van der Waals surface area contributed by atoms with Crippen molar-refractivity contribution in [3.63, 3.8) is 0 Å². The van der Waals surface area contributed by atoms with Crippen LogP contribution < -0.4 is 5.32 Å². The number of anilines is 1. The lowest BCUT2D eigenvalue weighted by Gasteiger charge is -2.06. The van der Waals surface area contributed by atoms with Crippen molar-refractivity contribution in [1.29, 1.82) is 0 Å². The molecule has 0 fully saturated rings. The maximum Gasteiger partial charge on any atom is 0.277 e. The van der Waals surface area contributed by atoms with Gasteiger partial charge in [-0.15, -0.1) is 11.3 Å². The molecular formula is C19H19FN4OS. The first kappa shape index (κ1) is 16.9. The Kier molecular flexibility index (Phi) is 4.79. The maximum atomic E-state index is 13.3. The van der Waals surface area contributed by atoms with Gasteiger partial charge in [-0.2, -0.15) is 5.10 Å². The number of amides is 1. The predicted molar refractivity (Wildman–Crippen MR) is 99.5 cm³/mol. The molecule has 0 saturated heterocycles. The first-order valence-corrected chi connectivity index (χ1v) is 9.62. The molecule has 1 aromatic carbocycles. The number of carbonyl (C=O) groups excluding carboxylic acids is 1. The number of hydrogen-bond donors (Lipinski definition) is 1. The van der Waals surface area contributed by atoms with Crippen LogP contribution in [0.15, 0.2) is 36.5 Å². The summed E-state index contributed by atoms with van der Waals surface area (Å²) in [5.41, 5.74) is 1.97. The van der Waals surface area contributed by atoms with Gasteiger partial charge in [-0.1, -0.05) is 18.9 Å². The van der Waals surface area contributed by atoms with Crippen LogP contribution in [0, 0.1) is 5.82 Å². The number of halogens is 1. The van der Waals surface area contributed by atoms with Crippen molar-refractivity contribution in [2.45, 2.75) is 38.5 Å². The summed E-state index contributed by atoms with van der Waals surface area (Å²) in [6.07, 6.45) is 8.51. The largest absolute Gasteiger partial charge is 0.296 e. The quantitative estimate of drug-likeness (QED) is 0.744. The van der Waals surface area contributed by atoms with Gasteiger partial charge in [0.1, 0.15) is 5.82 Å². The molecule has 0 bridgehead atoms. The monoisotopic (exact) mass is 370 g/mol. The van der Waals surface area contributed by atoms with E-state index in [9.17, 15) is 9.18 Å². The third kappa shape index (κ3) is 3.67. The second-order valence-electron chi connectivity index (χ2n) is 6.38. The molecule has 1 aliphatic rings. The minimum Gasteiger partial charge on any atom is -0.296 e. The number of fused-ring (bicyclic) bond motifs is 1. The van der Waals surface area contributed by atoms with Crippen molar-refractivity contribution in [1.82, 2.24) is 14.8 Å². The molecule has 3 aromatic rings. The van der Waals surface area contributed by atoms with Crippen LogP contribution in [0.25, 0.3) is 5.69 Å². The van der Waals surface area contributed by atoms with Crippen LogP contribution in [0.2, 0.25) is 0 Å². The number of aryl methyl sites for hydroxylation is 2. The fourth-order valence-corrected chi connectivity index (χ4v) is 4.17. The normalized spacial score (nSPS) is 14.3. The van der Waals surface area contributed by atoms with Gasteiger partial charge < -0.3 is 0 Å². The summed E-state index contributed by atoms with van der Waals surface area (Å²) in [5, 5.41) is 7.72. The van der Waals surface area contributed by atoms with Crippen LogP contribution in [-0.4, -0.2) is 20.7 Å². The third-order valence-corrected chi connectivity index (χ3v) is 5.53. The number of nitrogens with one attached hydrogen (secondary N) is 1. The number of hydrogen-bond acceptors (Lipinski definition) is 4. The molecule has 0 unspecified atom stereocenters. The van der Waals surface area contributed by atoms with Gasteiger partial charge in [0.2, 0.25) is 0 Å². The highest BCUT2D eigenvalue weighted by Gasteiger charge is 2.17. The highest BCUT2D eigenvalue weighted by atomic mass is 32.1. The van der Waals surface area contributed by atoms with Crippen LogP contribution in [0.4, 0.5) is 9.52 Å². The zero-order valence-electron chi connectivity index (χ0n) is 14.2. The molecule has 134 valence electrons. The summed E-state index contributed by atoms with van der Waals surface area (Å²) < 4.78 is 14.8. The molecule has 7 heteroatoms. The molecular weight excluding hydrogens is 351 g/mol. The van der Waals surface area contributed by atoms with Crippen molar-refractivity contribution in [2.24, 2.45) is 0 Å². The van der Waals surface area contributed by atoms with Crippen LogP contribution in [0.1, 0.15) is 46.7 Å². The van der Waals surface area contributed by atoms with Crippen molar-refractivity contribution < 1.29 is 9.18 Å². The Morgan fingerprint density at radius 3 is 2.85 bits per heavy atom. The Balaban J connectivity index is 1.49. The Hall–Kier alpha value is -2.54. The van der Waals surface area contributed by atoms with Gasteiger partial charge in [-0.3, -0.25) is 10.1 Å². The van der Waals surface area contributed by atoms with E-state index in [1.807, 2.05) is 0 Å². The second kappa shape index (κ2) is 7.37. The Morgan fingerprint density at radius 2 is 2.00 bits per heavy atom. The van der Waals surface area contributed by atoms with Crippen molar-refractivity contribution in [3.05, 3.63) is 58.6 Å². The van der Waals surface area contributed by atoms with Gasteiger partial charge in [0.05, 0.1) is 11.4 Å². The fourth-order valence-electron chi connectivity index (χ4n) is 3.13. The average molecular weight is 370 g/mol. The van der Waals surface area contributed by atoms with Crippen LogP contribution >= 0.6 is 11.3 Å². The van der Waals surface area contributed by atoms with E-state index in [-0.39, 0.29) is 17.4 Å². The Labute approximate surface area is 154 Å². The van der Waals surface area contributed by atoms with Crippen molar-refractivity contribution in [2.75, 3.05) is 5.32 Å². The second-order valence-corrected chi connectivity index (χ2v) is 7.47. The predicted octanol–water partition coefficient (Wildman–Crippen LogP) is 4.38. The van der Waals surface area contributed by atoms with E-state index >= 15 is 0 Å². The van der Waals surface area contributed by atoms with E-state index in [2.05, 4.69) is 15.4 Å². The molecule has 1 amide bonds.